The van der Waals surface area contributed by atoms with Gasteiger partial charge in [-0.15, -0.1) is 0 Å². The van der Waals surface area contributed by atoms with Crippen molar-refractivity contribution in [2.24, 2.45) is 4.99 Å². The Hall–Kier alpha value is -3.17. The van der Waals surface area contributed by atoms with Crippen LogP contribution in [-0.4, -0.2) is 44.0 Å². The number of benzene rings is 1. The summed E-state index contributed by atoms with van der Waals surface area (Å²) in [7, 11) is 1.56. The Morgan fingerprint density at radius 3 is 2.60 bits per heavy atom. The molecule has 0 amide bonds. The van der Waals surface area contributed by atoms with Gasteiger partial charge in [-0.25, -0.2) is 9.98 Å². The second-order valence-electron chi connectivity index (χ2n) is 5.99. The molecule has 0 aliphatic rings. The second-order valence-corrected chi connectivity index (χ2v) is 5.99. The van der Waals surface area contributed by atoms with Gasteiger partial charge in [-0.05, 0) is 32.0 Å². The molecule has 0 saturated carbocycles. The zero-order valence-corrected chi connectivity index (χ0v) is 17.0. The SMILES string of the molecule is CCNC(=NCc1cccnc1OCC(F)(F)F)Nc1ccc(OC)c(OCC)c1. The molecular weight excluding hydrogens is 401 g/mol. The van der Waals surface area contributed by atoms with Crippen LogP contribution in [0, 0.1) is 0 Å². The van der Waals surface area contributed by atoms with Gasteiger partial charge in [-0.2, -0.15) is 13.2 Å². The van der Waals surface area contributed by atoms with Crippen molar-refractivity contribution in [2.45, 2.75) is 26.6 Å². The van der Waals surface area contributed by atoms with Crippen LogP contribution in [0.3, 0.4) is 0 Å². The van der Waals surface area contributed by atoms with Crippen molar-refractivity contribution in [3.63, 3.8) is 0 Å². The van der Waals surface area contributed by atoms with Gasteiger partial charge in [0.05, 0.1) is 20.3 Å². The van der Waals surface area contributed by atoms with E-state index in [0.29, 0.717) is 41.9 Å². The first kappa shape index (κ1) is 23.1. The van der Waals surface area contributed by atoms with Crippen molar-refractivity contribution in [2.75, 3.05) is 32.2 Å². The number of pyridine rings is 1. The number of guanidine groups is 1. The van der Waals surface area contributed by atoms with Crippen LogP contribution < -0.4 is 24.8 Å². The van der Waals surface area contributed by atoms with E-state index in [1.54, 1.807) is 37.4 Å². The fraction of sp³-hybridized carbons (Fsp3) is 0.400. The molecule has 7 nitrogen and oxygen atoms in total. The standard InChI is InChI=1S/C20H25F3N4O3/c1-4-24-19(27-15-8-9-16(28-3)17(11-15)29-5-2)26-12-14-7-6-10-25-18(14)30-13-20(21,22)23/h6-11H,4-5,12-13H2,1-3H3,(H2,24,26,27). The molecule has 0 aliphatic heterocycles. The number of halogens is 3. The largest absolute Gasteiger partial charge is 0.493 e. The Morgan fingerprint density at radius 1 is 1.13 bits per heavy atom. The summed E-state index contributed by atoms with van der Waals surface area (Å²) in [4.78, 5) is 8.30. The number of anilines is 1. The van der Waals surface area contributed by atoms with Gasteiger partial charge in [0.2, 0.25) is 5.88 Å². The smallest absolute Gasteiger partial charge is 0.422 e. The van der Waals surface area contributed by atoms with Gasteiger partial charge in [0.15, 0.2) is 24.1 Å². The predicted molar refractivity (Wildman–Crippen MR) is 108 cm³/mol. The van der Waals surface area contributed by atoms with Gasteiger partial charge in [0.1, 0.15) is 0 Å². The maximum atomic E-state index is 12.5. The third kappa shape index (κ3) is 7.34. The van der Waals surface area contributed by atoms with E-state index in [1.165, 1.54) is 6.20 Å². The number of nitrogens with one attached hydrogen (secondary N) is 2. The van der Waals surface area contributed by atoms with Gasteiger partial charge in [0, 0.05) is 30.1 Å². The molecular formula is C20H25F3N4O3. The van der Waals surface area contributed by atoms with Crippen molar-refractivity contribution in [3.8, 4) is 17.4 Å². The lowest BCUT2D eigenvalue weighted by Gasteiger charge is -2.15. The minimum atomic E-state index is -4.44. The minimum absolute atomic E-state index is 0.0742. The van der Waals surface area contributed by atoms with Crippen molar-refractivity contribution >= 4 is 11.6 Å². The van der Waals surface area contributed by atoms with E-state index < -0.39 is 12.8 Å². The van der Waals surface area contributed by atoms with E-state index in [0.717, 1.165) is 0 Å². The van der Waals surface area contributed by atoms with E-state index in [2.05, 4.69) is 20.6 Å². The predicted octanol–water partition coefficient (Wildman–Crippen LogP) is 4.01. The number of methoxy groups -OCH3 is 1. The third-order valence-corrected chi connectivity index (χ3v) is 3.70. The molecule has 1 heterocycles. The molecule has 2 N–H and O–H groups in total. The second kappa shape index (κ2) is 11.1. The molecule has 0 aliphatic carbocycles. The molecule has 2 aromatic rings. The summed E-state index contributed by atoms with van der Waals surface area (Å²) >= 11 is 0. The van der Waals surface area contributed by atoms with Crippen LogP contribution in [0.4, 0.5) is 18.9 Å². The number of rotatable bonds is 9. The molecule has 2 rings (SSSR count). The zero-order chi connectivity index (χ0) is 22.0. The molecule has 0 radical (unpaired) electrons. The van der Waals surface area contributed by atoms with E-state index in [1.807, 2.05) is 13.8 Å². The zero-order valence-electron chi connectivity index (χ0n) is 17.0. The van der Waals surface area contributed by atoms with Gasteiger partial charge in [-0.1, -0.05) is 6.07 Å². The average molecular weight is 426 g/mol. The van der Waals surface area contributed by atoms with Crippen molar-refractivity contribution in [3.05, 3.63) is 42.1 Å². The first-order chi connectivity index (χ1) is 14.4. The maximum absolute atomic E-state index is 12.5. The molecule has 0 bridgehead atoms. The van der Waals surface area contributed by atoms with Crippen molar-refractivity contribution in [1.29, 1.82) is 0 Å². The Labute approximate surface area is 173 Å². The van der Waals surface area contributed by atoms with E-state index in [4.69, 9.17) is 14.2 Å². The number of ether oxygens (including phenoxy) is 3. The summed E-state index contributed by atoms with van der Waals surface area (Å²) in [6.07, 6.45) is -3.07. The van der Waals surface area contributed by atoms with Crippen molar-refractivity contribution in [1.82, 2.24) is 10.3 Å². The molecule has 1 aromatic carbocycles. The van der Waals surface area contributed by atoms with Crippen LogP contribution in [0.1, 0.15) is 19.4 Å². The third-order valence-electron chi connectivity index (χ3n) is 3.70. The van der Waals surface area contributed by atoms with Gasteiger partial charge < -0.3 is 24.8 Å². The monoisotopic (exact) mass is 426 g/mol. The van der Waals surface area contributed by atoms with E-state index >= 15 is 0 Å². The van der Waals surface area contributed by atoms with Gasteiger partial charge >= 0.3 is 6.18 Å². The Balaban J connectivity index is 2.16. The quantitative estimate of drug-likeness (QED) is 0.466. The highest BCUT2D eigenvalue weighted by Gasteiger charge is 2.29. The Bertz CT molecular complexity index is 844. The van der Waals surface area contributed by atoms with Crippen LogP contribution in [0.25, 0.3) is 0 Å². The molecule has 0 fully saturated rings. The number of alkyl halides is 3. The van der Waals surface area contributed by atoms with E-state index in [9.17, 15) is 13.2 Å². The summed E-state index contributed by atoms with van der Waals surface area (Å²) in [5, 5.41) is 6.22. The molecule has 0 atom stereocenters. The molecule has 10 heteroatoms. The highest BCUT2D eigenvalue weighted by Crippen LogP contribution is 2.30. The average Bonchev–Trinajstić information content (AvgIpc) is 2.71. The Morgan fingerprint density at radius 2 is 1.93 bits per heavy atom. The molecule has 0 spiro atoms. The summed E-state index contributed by atoms with van der Waals surface area (Å²) in [5.41, 5.74) is 1.14. The highest BCUT2D eigenvalue weighted by molar-refractivity contribution is 5.93. The van der Waals surface area contributed by atoms with Crippen LogP contribution in [-0.2, 0) is 6.54 Å². The molecule has 0 saturated heterocycles. The minimum Gasteiger partial charge on any atom is -0.493 e. The molecule has 0 unspecified atom stereocenters. The number of aliphatic imine (C=N–C) groups is 1. The fourth-order valence-corrected chi connectivity index (χ4v) is 2.46. The normalized spacial score (nSPS) is 11.7. The maximum Gasteiger partial charge on any atom is 0.422 e. The van der Waals surface area contributed by atoms with Crippen molar-refractivity contribution < 1.29 is 27.4 Å². The summed E-state index contributed by atoms with van der Waals surface area (Å²) in [5.74, 6) is 1.52. The first-order valence-electron chi connectivity index (χ1n) is 9.35. The molecule has 1 aromatic heterocycles. The van der Waals surface area contributed by atoms with Crippen LogP contribution in [0.15, 0.2) is 41.5 Å². The lowest BCUT2D eigenvalue weighted by Crippen LogP contribution is -2.30. The fourth-order valence-electron chi connectivity index (χ4n) is 2.46. The van der Waals surface area contributed by atoms with Gasteiger partial charge in [0.25, 0.3) is 0 Å². The first-order valence-corrected chi connectivity index (χ1v) is 9.35. The van der Waals surface area contributed by atoms with Gasteiger partial charge in [-0.3, -0.25) is 0 Å². The molecule has 164 valence electrons. The topological polar surface area (TPSA) is 77.0 Å². The number of hydrogen-bond acceptors (Lipinski definition) is 5. The summed E-state index contributed by atoms with van der Waals surface area (Å²) < 4.78 is 53.0. The lowest BCUT2D eigenvalue weighted by atomic mass is 10.2. The number of hydrogen-bond donors (Lipinski definition) is 2. The van der Waals surface area contributed by atoms with Crippen LogP contribution >= 0.6 is 0 Å². The number of aromatic nitrogens is 1. The van der Waals surface area contributed by atoms with E-state index in [-0.39, 0.29) is 12.4 Å². The van der Waals surface area contributed by atoms with Crippen LogP contribution in [0.5, 0.6) is 17.4 Å². The lowest BCUT2D eigenvalue weighted by molar-refractivity contribution is -0.154. The summed E-state index contributed by atoms with van der Waals surface area (Å²) in [6, 6.07) is 8.57. The number of nitrogens with zero attached hydrogens (tertiary/aromatic N) is 2. The Kier molecular flexibility index (Phi) is 8.57. The summed E-state index contributed by atoms with van der Waals surface area (Å²) in [6.45, 7) is 3.51. The van der Waals surface area contributed by atoms with Crippen LogP contribution in [0.2, 0.25) is 0 Å². The highest BCUT2D eigenvalue weighted by atomic mass is 19.4. The molecule has 30 heavy (non-hydrogen) atoms.